The molecule has 0 aliphatic rings. The van der Waals surface area contributed by atoms with Crippen molar-refractivity contribution in [2.45, 2.75) is 26.9 Å². The van der Waals surface area contributed by atoms with Crippen LogP contribution in [0.4, 0.5) is 5.69 Å². The number of hydrogen-bond acceptors (Lipinski definition) is 4. The third kappa shape index (κ3) is 3.85. The average Bonchev–Trinajstić information content (AvgIpc) is 2.60. The molecule has 0 fully saturated rings. The number of pyridine rings is 1. The van der Waals surface area contributed by atoms with Crippen LogP contribution >= 0.6 is 0 Å². The van der Waals surface area contributed by atoms with Gasteiger partial charge in [0.05, 0.1) is 11.4 Å². The molecular formula is C19H19N3O3. The minimum absolute atomic E-state index is 0.0893. The second-order valence-corrected chi connectivity index (χ2v) is 5.70. The number of amides is 1. The van der Waals surface area contributed by atoms with Gasteiger partial charge in [-0.1, -0.05) is 19.1 Å². The summed E-state index contributed by atoms with van der Waals surface area (Å²) in [6, 6.07) is 12.3. The van der Waals surface area contributed by atoms with Crippen molar-refractivity contribution in [2.24, 2.45) is 0 Å². The highest BCUT2D eigenvalue weighted by atomic mass is 16.5. The quantitative estimate of drug-likeness (QED) is 0.777. The van der Waals surface area contributed by atoms with E-state index in [1.54, 1.807) is 25.3 Å². The van der Waals surface area contributed by atoms with E-state index in [1.807, 2.05) is 31.2 Å². The Morgan fingerprint density at radius 1 is 1.24 bits per heavy atom. The Morgan fingerprint density at radius 2 is 2.04 bits per heavy atom. The molecule has 1 N–H and O–H groups in total. The molecule has 6 nitrogen and oxygen atoms in total. The molecule has 2 aromatic heterocycles. The van der Waals surface area contributed by atoms with Crippen LogP contribution in [0.15, 0.2) is 53.5 Å². The molecule has 0 radical (unpaired) electrons. The lowest BCUT2D eigenvalue weighted by Crippen LogP contribution is -2.16. The van der Waals surface area contributed by atoms with Crippen LogP contribution in [-0.4, -0.2) is 15.3 Å². The molecule has 6 heteroatoms. The Morgan fingerprint density at radius 3 is 2.84 bits per heavy atom. The molecule has 0 unspecified atom stereocenters. The lowest BCUT2D eigenvalue weighted by Gasteiger charge is -2.12. The number of fused-ring (bicyclic) bond motifs is 1. The summed E-state index contributed by atoms with van der Waals surface area (Å²) < 4.78 is 7.27. The van der Waals surface area contributed by atoms with Crippen LogP contribution in [0.3, 0.4) is 0 Å². The standard InChI is InChI=1S/C19H19N3O3/c1-3-18(23)21-15-6-4-5-7-16(15)25-12-14-11-19(24)22-9-8-13(2)10-17(22)20-14/h4-11H,3,12H2,1-2H3,(H,21,23). The minimum Gasteiger partial charge on any atom is -0.485 e. The zero-order valence-corrected chi connectivity index (χ0v) is 14.2. The summed E-state index contributed by atoms with van der Waals surface area (Å²) in [6.07, 6.45) is 2.09. The van der Waals surface area contributed by atoms with Gasteiger partial charge in [-0.25, -0.2) is 4.98 Å². The topological polar surface area (TPSA) is 72.7 Å². The van der Waals surface area contributed by atoms with Crippen LogP contribution in [0.1, 0.15) is 24.6 Å². The maximum atomic E-state index is 12.2. The SMILES string of the molecule is CCC(=O)Nc1ccccc1OCc1cc(=O)n2ccc(C)cc2n1. The summed E-state index contributed by atoms with van der Waals surface area (Å²) in [7, 11) is 0. The molecule has 0 spiro atoms. The Labute approximate surface area is 145 Å². The Hall–Kier alpha value is -3.15. The number of benzene rings is 1. The molecule has 0 aliphatic carbocycles. The second-order valence-electron chi connectivity index (χ2n) is 5.70. The number of carbonyl (C=O) groups excluding carboxylic acids is 1. The number of carbonyl (C=O) groups is 1. The van der Waals surface area contributed by atoms with Gasteiger partial charge in [-0.3, -0.25) is 14.0 Å². The Kier molecular flexibility index (Phi) is 4.79. The molecule has 3 rings (SSSR count). The van der Waals surface area contributed by atoms with Gasteiger partial charge in [0.1, 0.15) is 18.0 Å². The summed E-state index contributed by atoms with van der Waals surface area (Å²) >= 11 is 0. The number of rotatable bonds is 5. The van der Waals surface area contributed by atoms with Crippen molar-refractivity contribution in [3.05, 3.63) is 70.3 Å². The molecule has 0 aliphatic heterocycles. The van der Waals surface area contributed by atoms with E-state index in [0.29, 0.717) is 29.2 Å². The fourth-order valence-electron chi connectivity index (χ4n) is 2.41. The fraction of sp³-hybridized carbons (Fsp3) is 0.211. The highest BCUT2D eigenvalue weighted by Crippen LogP contribution is 2.24. The normalized spacial score (nSPS) is 10.6. The second kappa shape index (κ2) is 7.17. The van der Waals surface area contributed by atoms with Crippen molar-refractivity contribution in [3.8, 4) is 5.75 Å². The number of anilines is 1. The molecule has 128 valence electrons. The summed E-state index contributed by atoms with van der Waals surface area (Å²) in [5.41, 5.74) is 2.59. The number of ether oxygens (including phenoxy) is 1. The molecule has 0 bridgehead atoms. The van der Waals surface area contributed by atoms with E-state index in [9.17, 15) is 9.59 Å². The first-order valence-corrected chi connectivity index (χ1v) is 8.07. The van der Waals surface area contributed by atoms with Gasteiger partial charge in [0.25, 0.3) is 5.56 Å². The van der Waals surface area contributed by atoms with Crippen LogP contribution in [-0.2, 0) is 11.4 Å². The lowest BCUT2D eigenvalue weighted by atomic mass is 10.2. The third-order valence-electron chi connectivity index (χ3n) is 3.73. The van der Waals surface area contributed by atoms with E-state index in [0.717, 1.165) is 5.56 Å². The third-order valence-corrected chi connectivity index (χ3v) is 3.73. The number of para-hydroxylation sites is 2. The van der Waals surface area contributed by atoms with Crippen molar-refractivity contribution in [3.63, 3.8) is 0 Å². The van der Waals surface area contributed by atoms with Gasteiger partial charge in [0.15, 0.2) is 0 Å². The molecule has 25 heavy (non-hydrogen) atoms. The van der Waals surface area contributed by atoms with Crippen LogP contribution < -0.4 is 15.6 Å². The number of aryl methyl sites for hydroxylation is 1. The van der Waals surface area contributed by atoms with E-state index in [4.69, 9.17) is 4.74 Å². The maximum Gasteiger partial charge on any atom is 0.258 e. The van der Waals surface area contributed by atoms with Gasteiger partial charge in [0, 0.05) is 18.7 Å². The van der Waals surface area contributed by atoms with Gasteiger partial charge in [-0.15, -0.1) is 0 Å². The van der Waals surface area contributed by atoms with Gasteiger partial charge in [-0.05, 0) is 36.8 Å². The average molecular weight is 337 g/mol. The lowest BCUT2D eigenvalue weighted by molar-refractivity contribution is -0.115. The molecule has 2 heterocycles. The van der Waals surface area contributed by atoms with Crippen LogP contribution in [0.25, 0.3) is 5.65 Å². The highest BCUT2D eigenvalue weighted by molar-refractivity contribution is 5.91. The van der Waals surface area contributed by atoms with Crippen molar-refractivity contribution in [2.75, 3.05) is 5.32 Å². The largest absolute Gasteiger partial charge is 0.485 e. The predicted octanol–water partition coefficient (Wildman–Crippen LogP) is 2.93. The van der Waals surface area contributed by atoms with Crippen molar-refractivity contribution in [1.29, 1.82) is 0 Å². The van der Waals surface area contributed by atoms with Crippen molar-refractivity contribution >= 4 is 17.2 Å². The first kappa shape index (κ1) is 16.7. The number of nitrogens with zero attached hydrogens (tertiary/aromatic N) is 2. The van der Waals surface area contributed by atoms with Crippen molar-refractivity contribution in [1.82, 2.24) is 9.38 Å². The molecule has 0 saturated carbocycles. The van der Waals surface area contributed by atoms with E-state index < -0.39 is 0 Å². The maximum absolute atomic E-state index is 12.2. The van der Waals surface area contributed by atoms with E-state index in [-0.39, 0.29) is 18.1 Å². The van der Waals surface area contributed by atoms with Gasteiger partial charge in [0.2, 0.25) is 5.91 Å². The first-order chi connectivity index (χ1) is 12.1. The number of hydrogen-bond donors (Lipinski definition) is 1. The van der Waals surface area contributed by atoms with E-state index >= 15 is 0 Å². The summed E-state index contributed by atoms with van der Waals surface area (Å²) in [5, 5.41) is 2.79. The first-order valence-electron chi connectivity index (χ1n) is 8.07. The summed E-state index contributed by atoms with van der Waals surface area (Å²) in [4.78, 5) is 28.3. The van der Waals surface area contributed by atoms with Crippen LogP contribution in [0.2, 0.25) is 0 Å². The summed E-state index contributed by atoms with van der Waals surface area (Å²) in [5.74, 6) is 0.448. The smallest absolute Gasteiger partial charge is 0.258 e. The zero-order valence-electron chi connectivity index (χ0n) is 14.2. The van der Waals surface area contributed by atoms with Crippen molar-refractivity contribution < 1.29 is 9.53 Å². The Balaban J connectivity index is 1.84. The zero-order chi connectivity index (χ0) is 17.8. The molecule has 3 aromatic rings. The van der Waals surface area contributed by atoms with Gasteiger partial charge in [-0.2, -0.15) is 0 Å². The molecule has 1 aromatic carbocycles. The predicted molar refractivity (Wildman–Crippen MR) is 95.9 cm³/mol. The highest BCUT2D eigenvalue weighted by Gasteiger charge is 2.08. The van der Waals surface area contributed by atoms with Gasteiger partial charge >= 0.3 is 0 Å². The molecular weight excluding hydrogens is 318 g/mol. The summed E-state index contributed by atoms with van der Waals surface area (Å²) in [6.45, 7) is 3.87. The monoisotopic (exact) mass is 337 g/mol. The Bertz CT molecular complexity index is 979. The van der Waals surface area contributed by atoms with E-state index in [1.165, 1.54) is 10.5 Å². The minimum atomic E-state index is -0.156. The van der Waals surface area contributed by atoms with Crippen LogP contribution in [0, 0.1) is 6.92 Å². The molecule has 0 atom stereocenters. The van der Waals surface area contributed by atoms with E-state index in [2.05, 4.69) is 10.3 Å². The van der Waals surface area contributed by atoms with Gasteiger partial charge < -0.3 is 10.1 Å². The fourth-order valence-corrected chi connectivity index (χ4v) is 2.41. The van der Waals surface area contributed by atoms with Crippen LogP contribution in [0.5, 0.6) is 5.75 Å². The molecule has 0 saturated heterocycles. The number of aromatic nitrogens is 2. The number of nitrogens with one attached hydrogen (secondary N) is 1. The molecule has 1 amide bonds.